The van der Waals surface area contributed by atoms with Gasteiger partial charge in [-0.05, 0) is 5.92 Å². The van der Waals surface area contributed by atoms with Gasteiger partial charge in [-0.15, -0.1) is 0 Å². The Kier molecular flexibility index (Phi) is 7.42. The maximum atomic E-state index is 10.5. The van der Waals surface area contributed by atoms with Crippen LogP contribution in [0.3, 0.4) is 0 Å². The average molecular weight is 177 g/mol. The maximum absolute atomic E-state index is 10.5. The van der Waals surface area contributed by atoms with E-state index in [4.69, 9.17) is 0 Å². The SMILES string of the molecule is CC(C)CS(=O)(=O)ON.[NaH]. The zero-order chi connectivity index (χ0) is 7.49. The standard InChI is InChI=1S/C4H11NO3S.Na.H/c1-4(2)3-9(6,7)8-5;;/h4H,3,5H2,1-2H3;;. The van der Waals surface area contributed by atoms with Gasteiger partial charge in [0.15, 0.2) is 0 Å². The van der Waals surface area contributed by atoms with Gasteiger partial charge in [-0.3, -0.25) is 0 Å². The summed E-state index contributed by atoms with van der Waals surface area (Å²) in [7, 11) is -3.44. The van der Waals surface area contributed by atoms with Crippen molar-refractivity contribution in [2.45, 2.75) is 13.8 Å². The van der Waals surface area contributed by atoms with Crippen LogP contribution in [0.4, 0.5) is 0 Å². The second-order valence-electron chi connectivity index (χ2n) is 2.21. The molecule has 0 saturated carbocycles. The summed E-state index contributed by atoms with van der Waals surface area (Å²) in [6, 6.07) is 0. The first-order chi connectivity index (χ1) is 3.98. The predicted octanol–water partition coefficient (Wildman–Crippen LogP) is -0.786. The van der Waals surface area contributed by atoms with Crippen molar-refractivity contribution in [2.24, 2.45) is 11.8 Å². The molecule has 0 heterocycles. The van der Waals surface area contributed by atoms with Crippen LogP contribution in [0.2, 0.25) is 0 Å². The molecule has 4 nitrogen and oxygen atoms in total. The van der Waals surface area contributed by atoms with Gasteiger partial charge in [0.2, 0.25) is 0 Å². The third-order valence-corrected chi connectivity index (χ3v) is 2.05. The van der Waals surface area contributed by atoms with Crippen LogP contribution < -0.4 is 5.90 Å². The molecule has 0 aromatic heterocycles. The first-order valence-electron chi connectivity index (χ1n) is 2.59. The van der Waals surface area contributed by atoms with Crippen molar-refractivity contribution >= 4 is 39.7 Å². The monoisotopic (exact) mass is 177 g/mol. The molecule has 0 bridgehead atoms. The Hall–Kier alpha value is 0.870. The van der Waals surface area contributed by atoms with Crippen LogP contribution in [0.5, 0.6) is 0 Å². The van der Waals surface area contributed by atoms with Crippen LogP contribution in [0.25, 0.3) is 0 Å². The second-order valence-corrected chi connectivity index (χ2v) is 3.86. The van der Waals surface area contributed by atoms with Gasteiger partial charge in [0.25, 0.3) is 10.1 Å². The Bertz CT molecular complexity index is 165. The van der Waals surface area contributed by atoms with Crippen molar-refractivity contribution in [1.29, 1.82) is 0 Å². The first-order valence-corrected chi connectivity index (χ1v) is 4.16. The van der Waals surface area contributed by atoms with Crippen LogP contribution >= 0.6 is 0 Å². The quantitative estimate of drug-likeness (QED) is 0.453. The average Bonchev–Trinajstić information content (AvgIpc) is 1.63. The molecule has 0 aromatic rings. The van der Waals surface area contributed by atoms with E-state index in [-0.39, 0.29) is 41.2 Å². The molecule has 0 unspecified atom stereocenters. The normalized spacial score (nSPS) is 11.2. The van der Waals surface area contributed by atoms with Gasteiger partial charge in [-0.2, -0.15) is 18.6 Å². The number of hydrogen-bond donors (Lipinski definition) is 1. The molecule has 2 N–H and O–H groups in total. The topological polar surface area (TPSA) is 69.4 Å². The van der Waals surface area contributed by atoms with Crippen molar-refractivity contribution < 1.29 is 12.7 Å². The summed E-state index contributed by atoms with van der Waals surface area (Å²) in [5.74, 6) is 4.50. The third kappa shape index (κ3) is 6.98. The molecule has 58 valence electrons. The van der Waals surface area contributed by atoms with Gasteiger partial charge < -0.3 is 0 Å². The Labute approximate surface area is 83.5 Å². The summed E-state index contributed by atoms with van der Waals surface area (Å²) >= 11 is 0. The number of nitrogens with two attached hydrogens (primary N) is 1. The summed E-state index contributed by atoms with van der Waals surface area (Å²) in [6.45, 7) is 3.55. The predicted molar refractivity (Wildman–Crippen MR) is 41.0 cm³/mol. The van der Waals surface area contributed by atoms with Crippen molar-refractivity contribution in [3.05, 3.63) is 0 Å². The number of hydrogen-bond acceptors (Lipinski definition) is 4. The molecule has 0 saturated heterocycles. The molecule has 0 aliphatic carbocycles. The van der Waals surface area contributed by atoms with Gasteiger partial charge in [0.1, 0.15) is 0 Å². The fourth-order valence-electron chi connectivity index (χ4n) is 0.448. The van der Waals surface area contributed by atoms with E-state index in [0.29, 0.717) is 0 Å². The molecule has 0 rings (SSSR count). The van der Waals surface area contributed by atoms with E-state index < -0.39 is 10.1 Å². The molecule has 0 amide bonds. The molecule has 0 spiro atoms. The molecule has 0 atom stereocenters. The Morgan fingerprint density at radius 3 is 2.00 bits per heavy atom. The van der Waals surface area contributed by atoms with Crippen LogP contribution in [0.1, 0.15) is 13.8 Å². The fraction of sp³-hybridized carbons (Fsp3) is 1.00. The zero-order valence-electron chi connectivity index (χ0n) is 5.49. The van der Waals surface area contributed by atoms with E-state index in [1.54, 1.807) is 13.8 Å². The third-order valence-electron chi connectivity index (χ3n) is 0.684. The van der Waals surface area contributed by atoms with E-state index in [1.165, 1.54) is 0 Å². The van der Waals surface area contributed by atoms with E-state index >= 15 is 0 Å². The first kappa shape index (κ1) is 13.5. The zero-order valence-corrected chi connectivity index (χ0v) is 6.31. The molecule has 10 heavy (non-hydrogen) atoms. The summed E-state index contributed by atoms with van der Waals surface area (Å²) < 4.78 is 24.6. The molecule has 0 aromatic carbocycles. The Balaban J connectivity index is 0. The summed E-state index contributed by atoms with van der Waals surface area (Å²) in [4.78, 5) is 0. The Morgan fingerprint density at radius 1 is 1.50 bits per heavy atom. The summed E-state index contributed by atoms with van der Waals surface area (Å²) in [5.41, 5.74) is 0. The van der Waals surface area contributed by atoms with Crippen LogP contribution in [-0.4, -0.2) is 43.7 Å². The fourth-order valence-corrected chi connectivity index (χ4v) is 1.34. The summed E-state index contributed by atoms with van der Waals surface area (Å²) in [5, 5.41) is 0. The van der Waals surface area contributed by atoms with Crippen molar-refractivity contribution in [1.82, 2.24) is 0 Å². The molecule has 0 fully saturated rings. The summed E-state index contributed by atoms with van der Waals surface area (Å²) in [6.07, 6.45) is 0. The van der Waals surface area contributed by atoms with Crippen molar-refractivity contribution in [2.75, 3.05) is 5.75 Å². The molecule has 0 radical (unpaired) electrons. The minimum atomic E-state index is -3.44. The van der Waals surface area contributed by atoms with Crippen molar-refractivity contribution in [3.8, 4) is 0 Å². The molecular formula is C4H12NNaO3S. The molecule has 6 heteroatoms. The van der Waals surface area contributed by atoms with E-state index in [2.05, 4.69) is 10.2 Å². The molecular weight excluding hydrogens is 165 g/mol. The van der Waals surface area contributed by atoms with Gasteiger partial charge in [0.05, 0.1) is 5.75 Å². The number of rotatable bonds is 3. The molecule has 0 aliphatic rings. The van der Waals surface area contributed by atoms with Gasteiger partial charge in [-0.25, -0.2) is 0 Å². The van der Waals surface area contributed by atoms with Gasteiger partial charge >= 0.3 is 29.6 Å². The van der Waals surface area contributed by atoms with Crippen molar-refractivity contribution in [3.63, 3.8) is 0 Å². The van der Waals surface area contributed by atoms with Crippen LogP contribution in [0, 0.1) is 5.92 Å². The van der Waals surface area contributed by atoms with E-state index in [9.17, 15) is 8.42 Å². The van der Waals surface area contributed by atoms with E-state index in [1.807, 2.05) is 0 Å². The van der Waals surface area contributed by atoms with Crippen LogP contribution in [0.15, 0.2) is 0 Å². The second kappa shape index (κ2) is 5.51. The molecule has 0 aliphatic heterocycles. The van der Waals surface area contributed by atoms with Gasteiger partial charge in [-0.1, -0.05) is 13.8 Å². The Morgan fingerprint density at radius 2 is 1.90 bits per heavy atom. The van der Waals surface area contributed by atoms with E-state index in [0.717, 1.165) is 0 Å². The van der Waals surface area contributed by atoms with Crippen LogP contribution in [-0.2, 0) is 14.4 Å². The van der Waals surface area contributed by atoms with Gasteiger partial charge in [0, 0.05) is 0 Å². The minimum absolute atomic E-state index is 0.